The van der Waals surface area contributed by atoms with Gasteiger partial charge in [-0.15, -0.1) is 0 Å². The van der Waals surface area contributed by atoms with Gasteiger partial charge in [0.1, 0.15) is 0 Å². The molecule has 0 amide bonds. The van der Waals surface area contributed by atoms with Gasteiger partial charge in [-0.2, -0.15) is 0 Å². The number of nitrogens with zero attached hydrogens (tertiary/aromatic N) is 2. The Labute approximate surface area is 89.8 Å². The summed E-state index contributed by atoms with van der Waals surface area (Å²) in [6.07, 6.45) is 2.60. The molecule has 0 aromatic carbocycles. The van der Waals surface area contributed by atoms with Crippen LogP contribution in [0.5, 0.6) is 0 Å². The summed E-state index contributed by atoms with van der Waals surface area (Å²) in [4.78, 5) is 5.28. The van der Waals surface area contributed by atoms with Crippen molar-refractivity contribution in [3.05, 3.63) is 0 Å². The van der Waals surface area contributed by atoms with Crippen LogP contribution in [0.15, 0.2) is 0 Å². The van der Waals surface area contributed by atoms with Crippen molar-refractivity contribution in [1.29, 1.82) is 0 Å². The van der Waals surface area contributed by atoms with Crippen LogP contribution in [0.4, 0.5) is 0 Å². The summed E-state index contributed by atoms with van der Waals surface area (Å²) < 4.78 is 0. The molecule has 0 N–H and O–H groups in total. The molecule has 14 heavy (non-hydrogen) atoms. The molecule has 0 radical (unpaired) electrons. The van der Waals surface area contributed by atoms with Crippen molar-refractivity contribution in [3.8, 4) is 0 Å². The van der Waals surface area contributed by atoms with Crippen LogP contribution < -0.4 is 0 Å². The summed E-state index contributed by atoms with van der Waals surface area (Å²) in [7, 11) is 0. The van der Waals surface area contributed by atoms with Gasteiger partial charge in [0.05, 0.1) is 0 Å². The summed E-state index contributed by atoms with van der Waals surface area (Å²) in [5.41, 5.74) is 0. The summed E-state index contributed by atoms with van der Waals surface area (Å²) in [5.74, 6) is 0. The molecule has 1 aliphatic rings. The van der Waals surface area contributed by atoms with E-state index in [2.05, 4.69) is 44.2 Å². The lowest BCUT2D eigenvalue weighted by atomic mass is 9.67. The SMILES string of the molecule is CCCB1N(C(C)C)CCN1C(C)C. The van der Waals surface area contributed by atoms with Crippen LogP contribution in [-0.2, 0) is 0 Å². The zero-order valence-electron chi connectivity index (χ0n) is 10.5. The summed E-state index contributed by atoms with van der Waals surface area (Å²) in [6.45, 7) is 14.7. The first-order chi connectivity index (χ1) is 6.57. The molecule has 0 saturated carbocycles. The van der Waals surface area contributed by atoms with Crippen LogP contribution in [0.1, 0.15) is 41.0 Å². The lowest BCUT2D eigenvalue weighted by Crippen LogP contribution is -2.48. The fourth-order valence-corrected chi connectivity index (χ4v) is 2.51. The second kappa shape index (κ2) is 5.17. The van der Waals surface area contributed by atoms with Gasteiger partial charge in [-0.05, 0) is 18.4 Å². The Balaban J connectivity index is 2.64. The monoisotopic (exact) mass is 196 g/mol. The van der Waals surface area contributed by atoms with Crippen LogP contribution in [0, 0.1) is 0 Å². The largest absolute Gasteiger partial charge is 0.325 e. The molecule has 2 nitrogen and oxygen atoms in total. The van der Waals surface area contributed by atoms with Crippen molar-refractivity contribution in [3.63, 3.8) is 0 Å². The van der Waals surface area contributed by atoms with E-state index >= 15 is 0 Å². The summed E-state index contributed by atoms with van der Waals surface area (Å²) in [6, 6.07) is 1.38. The highest BCUT2D eigenvalue weighted by Crippen LogP contribution is 2.20. The average molecular weight is 196 g/mol. The van der Waals surface area contributed by atoms with Gasteiger partial charge in [0.15, 0.2) is 0 Å². The van der Waals surface area contributed by atoms with Gasteiger partial charge in [-0.3, -0.25) is 0 Å². The van der Waals surface area contributed by atoms with E-state index in [0.29, 0.717) is 19.1 Å². The van der Waals surface area contributed by atoms with Crippen molar-refractivity contribution >= 4 is 6.98 Å². The fraction of sp³-hybridized carbons (Fsp3) is 1.00. The van der Waals surface area contributed by atoms with E-state index in [1.54, 1.807) is 0 Å². The normalized spacial score (nSPS) is 20.4. The Kier molecular flexibility index (Phi) is 4.46. The summed E-state index contributed by atoms with van der Waals surface area (Å²) >= 11 is 0. The van der Waals surface area contributed by atoms with E-state index in [9.17, 15) is 0 Å². The van der Waals surface area contributed by atoms with Crippen LogP contribution in [0.25, 0.3) is 0 Å². The Bertz CT molecular complexity index is 155. The number of hydrogen-bond acceptors (Lipinski definition) is 2. The highest BCUT2D eigenvalue weighted by molar-refractivity contribution is 6.53. The van der Waals surface area contributed by atoms with E-state index < -0.39 is 0 Å². The van der Waals surface area contributed by atoms with Crippen molar-refractivity contribution in [2.24, 2.45) is 0 Å². The predicted octanol–water partition coefficient (Wildman–Crippen LogP) is 2.32. The summed E-state index contributed by atoms with van der Waals surface area (Å²) in [5, 5.41) is 0. The zero-order chi connectivity index (χ0) is 10.7. The molecule has 82 valence electrons. The van der Waals surface area contributed by atoms with Gasteiger partial charge in [0, 0.05) is 13.1 Å². The third-order valence-electron chi connectivity index (χ3n) is 3.26. The third-order valence-corrected chi connectivity index (χ3v) is 3.26. The van der Waals surface area contributed by atoms with Crippen molar-refractivity contribution in [1.82, 2.24) is 9.62 Å². The number of hydrogen-bond donors (Lipinski definition) is 0. The highest BCUT2D eigenvalue weighted by atomic mass is 15.3. The van der Waals surface area contributed by atoms with Gasteiger partial charge in [-0.25, -0.2) is 0 Å². The lowest BCUT2D eigenvalue weighted by Gasteiger charge is -2.31. The van der Waals surface area contributed by atoms with Gasteiger partial charge < -0.3 is 9.62 Å². The van der Waals surface area contributed by atoms with Crippen molar-refractivity contribution in [2.75, 3.05) is 13.1 Å². The second-order valence-electron chi connectivity index (χ2n) is 4.93. The molecule has 1 fully saturated rings. The first-order valence-electron chi connectivity index (χ1n) is 6.09. The van der Waals surface area contributed by atoms with E-state index in [0.717, 1.165) is 0 Å². The third kappa shape index (κ3) is 2.51. The van der Waals surface area contributed by atoms with Crippen LogP contribution >= 0.6 is 0 Å². The molecule has 0 spiro atoms. The van der Waals surface area contributed by atoms with Gasteiger partial charge in [0.2, 0.25) is 0 Å². The topological polar surface area (TPSA) is 6.48 Å². The molecule has 0 bridgehead atoms. The van der Waals surface area contributed by atoms with Gasteiger partial charge in [0.25, 0.3) is 0 Å². The highest BCUT2D eigenvalue weighted by Gasteiger charge is 2.37. The van der Waals surface area contributed by atoms with E-state index in [-0.39, 0.29) is 0 Å². The molecule has 3 heteroatoms. The average Bonchev–Trinajstić information content (AvgIpc) is 2.48. The van der Waals surface area contributed by atoms with Crippen LogP contribution in [0.3, 0.4) is 0 Å². The van der Waals surface area contributed by atoms with E-state index in [1.165, 1.54) is 25.8 Å². The minimum Gasteiger partial charge on any atom is -0.325 e. The van der Waals surface area contributed by atoms with Gasteiger partial charge >= 0.3 is 6.98 Å². The first kappa shape index (κ1) is 12.1. The molecule has 0 aromatic heterocycles. The molecule has 1 aliphatic heterocycles. The molecular weight excluding hydrogens is 171 g/mol. The molecule has 0 aliphatic carbocycles. The quantitative estimate of drug-likeness (QED) is 0.636. The maximum atomic E-state index is 2.64. The first-order valence-corrected chi connectivity index (χ1v) is 6.09. The Morgan fingerprint density at radius 2 is 1.43 bits per heavy atom. The van der Waals surface area contributed by atoms with Crippen LogP contribution in [0.2, 0.25) is 6.32 Å². The minimum absolute atomic E-state index is 0.690. The van der Waals surface area contributed by atoms with Crippen molar-refractivity contribution < 1.29 is 0 Å². The smallest absolute Gasteiger partial charge is 0.311 e. The minimum atomic E-state index is 0.690. The Morgan fingerprint density at radius 3 is 1.71 bits per heavy atom. The molecule has 1 saturated heterocycles. The number of rotatable bonds is 4. The molecular formula is C11H25BN2. The second-order valence-corrected chi connectivity index (χ2v) is 4.93. The fourth-order valence-electron chi connectivity index (χ4n) is 2.51. The Morgan fingerprint density at radius 1 is 1.00 bits per heavy atom. The maximum Gasteiger partial charge on any atom is 0.311 e. The molecule has 1 rings (SSSR count). The Hall–Kier alpha value is -0.0151. The van der Waals surface area contributed by atoms with E-state index in [4.69, 9.17) is 0 Å². The predicted molar refractivity (Wildman–Crippen MR) is 64.5 cm³/mol. The van der Waals surface area contributed by atoms with E-state index in [1.807, 2.05) is 0 Å². The molecule has 0 atom stereocenters. The molecule has 0 aromatic rings. The van der Waals surface area contributed by atoms with Gasteiger partial charge in [-0.1, -0.05) is 41.0 Å². The van der Waals surface area contributed by atoms with Crippen LogP contribution in [-0.4, -0.2) is 41.8 Å². The molecule has 0 unspecified atom stereocenters. The zero-order valence-corrected chi connectivity index (χ0v) is 10.5. The maximum absolute atomic E-state index is 2.64. The lowest BCUT2D eigenvalue weighted by molar-refractivity contribution is 0.390. The molecule has 1 heterocycles. The van der Waals surface area contributed by atoms with Crippen molar-refractivity contribution in [2.45, 2.75) is 59.4 Å². The standard InChI is InChI=1S/C11H25BN2/c1-6-7-12-13(10(2)3)8-9-14(12)11(4)5/h10-11H,6-9H2,1-5H3.